The third kappa shape index (κ3) is 3.16. The van der Waals surface area contributed by atoms with E-state index in [0.717, 1.165) is 63.7 Å². The summed E-state index contributed by atoms with van der Waals surface area (Å²) in [6, 6.07) is 8.42. The summed E-state index contributed by atoms with van der Waals surface area (Å²) in [5.74, 6) is 2.10. The molecule has 2 aliphatic heterocycles. The van der Waals surface area contributed by atoms with E-state index in [4.69, 9.17) is 4.42 Å². The number of amides is 1. The van der Waals surface area contributed by atoms with Gasteiger partial charge in [0.15, 0.2) is 5.89 Å². The molecule has 5 rings (SSSR count). The van der Waals surface area contributed by atoms with Crippen LogP contribution in [-0.2, 0) is 6.42 Å². The standard InChI is InChI=1S/C20H23N5O2S/c1-14-21-16-6-7-25(20(26)18(16)27-14)13-10-23-8-11-24(12-9-23)19-15-4-2-3-5-17(15)28-22-19/h2-5H,6-13H2,1H3. The third-order valence-corrected chi connectivity index (χ3v) is 6.44. The number of rotatable bonds is 4. The van der Waals surface area contributed by atoms with Crippen molar-refractivity contribution in [2.24, 2.45) is 0 Å². The van der Waals surface area contributed by atoms with Gasteiger partial charge < -0.3 is 14.2 Å². The van der Waals surface area contributed by atoms with E-state index in [1.807, 2.05) is 4.90 Å². The normalized spacial score (nSPS) is 18.1. The zero-order valence-electron chi connectivity index (χ0n) is 15.9. The monoisotopic (exact) mass is 397 g/mol. The molecule has 1 aromatic carbocycles. The molecule has 2 aromatic heterocycles. The number of carbonyl (C=O) groups excluding carboxylic acids is 1. The van der Waals surface area contributed by atoms with E-state index >= 15 is 0 Å². The van der Waals surface area contributed by atoms with Gasteiger partial charge in [-0.2, -0.15) is 4.37 Å². The number of carbonyl (C=O) groups is 1. The van der Waals surface area contributed by atoms with Crippen molar-refractivity contribution in [1.82, 2.24) is 19.2 Å². The lowest BCUT2D eigenvalue weighted by Gasteiger charge is -2.36. The van der Waals surface area contributed by atoms with Crippen LogP contribution in [0.1, 0.15) is 22.1 Å². The molecule has 1 saturated heterocycles. The van der Waals surface area contributed by atoms with Gasteiger partial charge in [-0.05, 0) is 23.7 Å². The van der Waals surface area contributed by atoms with Crippen LogP contribution in [0.5, 0.6) is 0 Å². The summed E-state index contributed by atoms with van der Waals surface area (Å²) in [4.78, 5) is 23.6. The van der Waals surface area contributed by atoms with E-state index in [-0.39, 0.29) is 5.91 Å². The SMILES string of the molecule is Cc1nc2c(o1)C(=O)N(CCN1CCN(c3nsc4ccccc34)CC1)CC2. The lowest BCUT2D eigenvalue weighted by Crippen LogP contribution is -2.49. The highest BCUT2D eigenvalue weighted by Crippen LogP contribution is 2.29. The first-order valence-corrected chi connectivity index (χ1v) is 10.5. The second-order valence-corrected chi connectivity index (χ2v) is 8.19. The van der Waals surface area contributed by atoms with Crippen LogP contribution in [0.15, 0.2) is 28.7 Å². The predicted octanol–water partition coefficient (Wildman–Crippen LogP) is 2.41. The van der Waals surface area contributed by atoms with Crippen molar-refractivity contribution in [2.75, 3.05) is 50.7 Å². The molecule has 0 spiro atoms. The molecule has 0 unspecified atom stereocenters. The second kappa shape index (κ2) is 7.18. The molecule has 0 atom stereocenters. The predicted molar refractivity (Wildman–Crippen MR) is 109 cm³/mol. The minimum Gasteiger partial charge on any atom is -0.436 e. The van der Waals surface area contributed by atoms with Crippen LogP contribution in [0.2, 0.25) is 0 Å². The lowest BCUT2D eigenvalue weighted by atomic mass is 10.1. The highest BCUT2D eigenvalue weighted by molar-refractivity contribution is 7.13. The van der Waals surface area contributed by atoms with Crippen LogP contribution in [0.4, 0.5) is 5.82 Å². The Labute approximate surface area is 167 Å². The molecule has 8 heteroatoms. The minimum absolute atomic E-state index is 0.0190. The number of hydrogen-bond donors (Lipinski definition) is 0. The molecule has 1 fully saturated rings. The fraction of sp³-hybridized carbons (Fsp3) is 0.450. The van der Waals surface area contributed by atoms with Crippen molar-refractivity contribution >= 4 is 33.3 Å². The van der Waals surface area contributed by atoms with E-state index < -0.39 is 0 Å². The largest absolute Gasteiger partial charge is 0.436 e. The first kappa shape index (κ1) is 17.6. The molecule has 3 aromatic rings. The number of fused-ring (bicyclic) bond motifs is 2. The summed E-state index contributed by atoms with van der Waals surface area (Å²) in [7, 11) is 0. The summed E-state index contributed by atoms with van der Waals surface area (Å²) >= 11 is 1.57. The van der Waals surface area contributed by atoms with Crippen molar-refractivity contribution in [3.8, 4) is 0 Å². The highest BCUT2D eigenvalue weighted by atomic mass is 32.1. The van der Waals surface area contributed by atoms with E-state index in [9.17, 15) is 4.79 Å². The van der Waals surface area contributed by atoms with Crippen molar-refractivity contribution in [3.63, 3.8) is 0 Å². The minimum atomic E-state index is -0.0190. The first-order valence-electron chi connectivity index (χ1n) is 9.76. The molecule has 7 nitrogen and oxygen atoms in total. The highest BCUT2D eigenvalue weighted by Gasteiger charge is 2.30. The Morgan fingerprint density at radius 3 is 2.79 bits per heavy atom. The molecular weight excluding hydrogens is 374 g/mol. The van der Waals surface area contributed by atoms with Crippen LogP contribution < -0.4 is 4.90 Å². The first-order chi connectivity index (χ1) is 13.7. The van der Waals surface area contributed by atoms with Gasteiger partial charge in [0, 0.05) is 64.5 Å². The van der Waals surface area contributed by atoms with E-state index in [1.165, 1.54) is 10.1 Å². The van der Waals surface area contributed by atoms with Gasteiger partial charge in [0.1, 0.15) is 5.82 Å². The summed E-state index contributed by atoms with van der Waals surface area (Å²) in [5, 5.41) is 1.25. The van der Waals surface area contributed by atoms with Crippen LogP contribution in [0, 0.1) is 6.92 Å². The maximum Gasteiger partial charge on any atom is 0.291 e. The van der Waals surface area contributed by atoms with Crippen molar-refractivity contribution in [2.45, 2.75) is 13.3 Å². The molecule has 146 valence electrons. The van der Waals surface area contributed by atoms with Crippen LogP contribution >= 0.6 is 11.5 Å². The number of nitrogens with zero attached hydrogens (tertiary/aromatic N) is 5. The fourth-order valence-electron chi connectivity index (χ4n) is 4.05. The molecule has 0 saturated carbocycles. The van der Waals surface area contributed by atoms with Crippen molar-refractivity contribution < 1.29 is 9.21 Å². The Hall–Kier alpha value is -2.45. The van der Waals surface area contributed by atoms with Crippen molar-refractivity contribution in [3.05, 3.63) is 41.6 Å². The van der Waals surface area contributed by atoms with Crippen LogP contribution in [0.25, 0.3) is 10.1 Å². The number of piperazine rings is 1. The molecule has 0 N–H and O–H groups in total. The van der Waals surface area contributed by atoms with E-state index in [2.05, 4.69) is 43.4 Å². The molecule has 1 amide bonds. The molecule has 0 bridgehead atoms. The van der Waals surface area contributed by atoms with E-state index in [1.54, 1.807) is 18.5 Å². The zero-order chi connectivity index (χ0) is 19.1. The van der Waals surface area contributed by atoms with Crippen molar-refractivity contribution in [1.29, 1.82) is 0 Å². The average Bonchev–Trinajstić information content (AvgIpc) is 3.31. The maximum absolute atomic E-state index is 12.6. The third-order valence-electron chi connectivity index (χ3n) is 5.62. The zero-order valence-corrected chi connectivity index (χ0v) is 16.7. The number of oxazole rings is 1. The lowest BCUT2D eigenvalue weighted by molar-refractivity contribution is 0.0680. The van der Waals surface area contributed by atoms with Crippen LogP contribution in [-0.4, -0.2) is 70.9 Å². The molecule has 2 aliphatic rings. The van der Waals surface area contributed by atoms with Gasteiger partial charge in [0.25, 0.3) is 5.91 Å². The topological polar surface area (TPSA) is 65.7 Å². The fourth-order valence-corrected chi connectivity index (χ4v) is 4.85. The van der Waals surface area contributed by atoms with Gasteiger partial charge in [0.2, 0.25) is 5.76 Å². The van der Waals surface area contributed by atoms with Gasteiger partial charge in [-0.1, -0.05) is 12.1 Å². The maximum atomic E-state index is 12.6. The number of anilines is 1. The van der Waals surface area contributed by atoms with Gasteiger partial charge in [-0.25, -0.2) is 4.98 Å². The Bertz CT molecular complexity index is 1010. The summed E-state index contributed by atoms with van der Waals surface area (Å²) in [6.45, 7) is 8.04. The smallest absolute Gasteiger partial charge is 0.291 e. The Kier molecular flexibility index (Phi) is 4.52. The molecule has 4 heterocycles. The quantitative estimate of drug-likeness (QED) is 0.674. The molecular formula is C20H23N5O2S. The number of benzene rings is 1. The molecule has 0 radical (unpaired) electrons. The summed E-state index contributed by atoms with van der Waals surface area (Å²) < 4.78 is 11.4. The summed E-state index contributed by atoms with van der Waals surface area (Å²) in [5.41, 5.74) is 0.808. The second-order valence-electron chi connectivity index (χ2n) is 7.38. The van der Waals surface area contributed by atoms with Gasteiger partial charge >= 0.3 is 0 Å². The number of hydrogen-bond acceptors (Lipinski definition) is 7. The Morgan fingerprint density at radius 1 is 1.11 bits per heavy atom. The van der Waals surface area contributed by atoms with Crippen LogP contribution in [0.3, 0.4) is 0 Å². The number of aryl methyl sites for hydroxylation is 1. The summed E-state index contributed by atoms with van der Waals surface area (Å²) in [6.07, 6.45) is 0.781. The number of aromatic nitrogens is 2. The molecule has 28 heavy (non-hydrogen) atoms. The average molecular weight is 398 g/mol. The van der Waals surface area contributed by atoms with Gasteiger partial charge in [-0.3, -0.25) is 9.69 Å². The van der Waals surface area contributed by atoms with Gasteiger partial charge in [0.05, 0.1) is 10.4 Å². The molecule has 0 aliphatic carbocycles. The van der Waals surface area contributed by atoms with Gasteiger partial charge in [-0.15, -0.1) is 0 Å². The Balaban J connectivity index is 1.17. The Morgan fingerprint density at radius 2 is 1.93 bits per heavy atom. The van der Waals surface area contributed by atoms with E-state index in [0.29, 0.717) is 11.7 Å².